The molecule has 12 heavy (non-hydrogen) atoms. The van der Waals surface area contributed by atoms with Crippen LogP contribution in [0.1, 0.15) is 40.0 Å². The standard InChI is InChI=1S/C10H18O2/c1-4-5-8(2)6-9(3)7-10(11)12/h7-8H,4-6H2,1-3H3,(H,11,12). The van der Waals surface area contributed by atoms with Crippen LogP contribution in [-0.4, -0.2) is 11.1 Å². The van der Waals surface area contributed by atoms with Crippen molar-refractivity contribution >= 4 is 5.97 Å². The van der Waals surface area contributed by atoms with Gasteiger partial charge in [0.25, 0.3) is 0 Å². The van der Waals surface area contributed by atoms with Gasteiger partial charge in [0, 0.05) is 6.08 Å². The summed E-state index contributed by atoms with van der Waals surface area (Å²) in [5.74, 6) is -0.234. The van der Waals surface area contributed by atoms with E-state index in [0.717, 1.165) is 12.0 Å². The largest absolute Gasteiger partial charge is 0.478 e. The molecule has 0 radical (unpaired) electrons. The zero-order valence-electron chi connectivity index (χ0n) is 8.13. The predicted octanol–water partition coefficient (Wildman–Crippen LogP) is 2.84. The summed E-state index contributed by atoms with van der Waals surface area (Å²) in [5, 5.41) is 8.45. The first-order valence-electron chi connectivity index (χ1n) is 4.46. The number of allylic oxidation sites excluding steroid dienone is 1. The van der Waals surface area contributed by atoms with E-state index < -0.39 is 5.97 Å². The van der Waals surface area contributed by atoms with Gasteiger partial charge >= 0.3 is 5.97 Å². The maximum Gasteiger partial charge on any atom is 0.328 e. The molecule has 0 aliphatic carbocycles. The average Bonchev–Trinajstić information content (AvgIpc) is 1.84. The van der Waals surface area contributed by atoms with Crippen LogP contribution in [-0.2, 0) is 4.79 Å². The Labute approximate surface area is 74.3 Å². The molecule has 0 fully saturated rings. The molecule has 0 aromatic heterocycles. The van der Waals surface area contributed by atoms with E-state index in [1.165, 1.54) is 18.9 Å². The molecule has 0 spiro atoms. The van der Waals surface area contributed by atoms with Crippen LogP contribution < -0.4 is 0 Å². The van der Waals surface area contributed by atoms with Crippen LogP contribution in [0, 0.1) is 5.92 Å². The van der Waals surface area contributed by atoms with Crippen molar-refractivity contribution in [3.63, 3.8) is 0 Å². The van der Waals surface area contributed by atoms with Gasteiger partial charge in [-0.3, -0.25) is 0 Å². The van der Waals surface area contributed by atoms with E-state index in [-0.39, 0.29) is 0 Å². The maximum absolute atomic E-state index is 10.3. The van der Waals surface area contributed by atoms with Crippen molar-refractivity contribution in [2.45, 2.75) is 40.0 Å². The monoisotopic (exact) mass is 170 g/mol. The van der Waals surface area contributed by atoms with Crippen molar-refractivity contribution in [1.29, 1.82) is 0 Å². The predicted molar refractivity (Wildman–Crippen MR) is 50.1 cm³/mol. The first kappa shape index (κ1) is 11.2. The number of carbonyl (C=O) groups is 1. The molecule has 1 N–H and O–H groups in total. The summed E-state index contributed by atoms with van der Waals surface area (Å²) in [7, 11) is 0. The second-order valence-corrected chi connectivity index (χ2v) is 3.43. The third-order valence-electron chi connectivity index (χ3n) is 1.82. The average molecular weight is 170 g/mol. The summed E-state index contributed by atoms with van der Waals surface area (Å²) in [6.45, 7) is 6.18. The van der Waals surface area contributed by atoms with Crippen molar-refractivity contribution in [1.82, 2.24) is 0 Å². The van der Waals surface area contributed by atoms with Crippen molar-refractivity contribution in [3.8, 4) is 0 Å². The van der Waals surface area contributed by atoms with Gasteiger partial charge < -0.3 is 5.11 Å². The van der Waals surface area contributed by atoms with Gasteiger partial charge in [0.1, 0.15) is 0 Å². The zero-order valence-corrected chi connectivity index (χ0v) is 8.13. The molecule has 0 aromatic carbocycles. The van der Waals surface area contributed by atoms with Crippen LogP contribution in [0.3, 0.4) is 0 Å². The Balaban J connectivity index is 3.82. The molecule has 1 unspecified atom stereocenters. The lowest BCUT2D eigenvalue weighted by Gasteiger charge is -2.08. The van der Waals surface area contributed by atoms with Gasteiger partial charge in [-0.2, -0.15) is 0 Å². The maximum atomic E-state index is 10.3. The summed E-state index contributed by atoms with van der Waals surface area (Å²) >= 11 is 0. The molecule has 0 bridgehead atoms. The smallest absolute Gasteiger partial charge is 0.328 e. The molecule has 0 saturated heterocycles. The summed E-state index contributed by atoms with van der Waals surface area (Å²) in [6.07, 6.45) is 4.54. The van der Waals surface area contributed by atoms with Crippen molar-refractivity contribution in [2.75, 3.05) is 0 Å². The molecule has 2 nitrogen and oxygen atoms in total. The van der Waals surface area contributed by atoms with E-state index in [4.69, 9.17) is 5.11 Å². The van der Waals surface area contributed by atoms with E-state index in [0.29, 0.717) is 5.92 Å². The molecule has 0 aliphatic rings. The number of rotatable bonds is 5. The van der Waals surface area contributed by atoms with E-state index in [1.807, 2.05) is 6.92 Å². The Kier molecular flexibility index (Phi) is 5.43. The lowest BCUT2D eigenvalue weighted by atomic mass is 9.98. The Morgan fingerprint density at radius 1 is 1.58 bits per heavy atom. The van der Waals surface area contributed by atoms with Crippen LogP contribution in [0.25, 0.3) is 0 Å². The molecule has 0 amide bonds. The third-order valence-corrected chi connectivity index (χ3v) is 1.82. The normalized spacial score (nSPS) is 14.4. The number of aliphatic carboxylic acids is 1. The molecule has 0 saturated carbocycles. The quantitative estimate of drug-likeness (QED) is 0.644. The fourth-order valence-electron chi connectivity index (χ4n) is 1.41. The van der Waals surface area contributed by atoms with E-state index in [9.17, 15) is 4.79 Å². The Morgan fingerprint density at radius 2 is 2.17 bits per heavy atom. The number of carboxylic acid groups (broad SMARTS) is 1. The van der Waals surface area contributed by atoms with Crippen molar-refractivity contribution in [3.05, 3.63) is 11.6 Å². The summed E-state index contributed by atoms with van der Waals surface area (Å²) in [4.78, 5) is 10.3. The molecule has 0 aliphatic heterocycles. The topological polar surface area (TPSA) is 37.3 Å². The van der Waals surface area contributed by atoms with Gasteiger partial charge in [-0.15, -0.1) is 0 Å². The zero-order chi connectivity index (χ0) is 9.56. The Morgan fingerprint density at radius 3 is 2.58 bits per heavy atom. The first-order valence-corrected chi connectivity index (χ1v) is 4.46. The van der Waals surface area contributed by atoms with Crippen LogP contribution in [0.15, 0.2) is 11.6 Å². The minimum atomic E-state index is -0.837. The Hall–Kier alpha value is -0.790. The number of carboxylic acids is 1. The first-order chi connectivity index (χ1) is 5.56. The summed E-state index contributed by atoms with van der Waals surface area (Å²) in [5.41, 5.74) is 0.962. The molecular weight excluding hydrogens is 152 g/mol. The lowest BCUT2D eigenvalue weighted by molar-refractivity contribution is -0.131. The molecule has 70 valence electrons. The second kappa shape index (κ2) is 5.81. The van der Waals surface area contributed by atoms with Crippen LogP contribution in [0.4, 0.5) is 0 Å². The number of hydrogen-bond donors (Lipinski definition) is 1. The van der Waals surface area contributed by atoms with Gasteiger partial charge in [-0.05, 0) is 19.3 Å². The molecular formula is C10H18O2. The lowest BCUT2D eigenvalue weighted by Crippen LogP contribution is -1.97. The SMILES string of the molecule is CCCC(C)CC(C)=CC(=O)O. The number of hydrogen-bond acceptors (Lipinski definition) is 1. The Bertz CT molecular complexity index is 171. The van der Waals surface area contributed by atoms with Gasteiger partial charge in [0.05, 0.1) is 0 Å². The van der Waals surface area contributed by atoms with Crippen molar-refractivity contribution < 1.29 is 9.90 Å². The highest BCUT2D eigenvalue weighted by atomic mass is 16.4. The molecule has 1 atom stereocenters. The highest BCUT2D eigenvalue weighted by Gasteiger charge is 2.02. The van der Waals surface area contributed by atoms with Gasteiger partial charge in [0.2, 0.25) is 0 Å². The van der Waals surface area contributed by atoms with Gasteiger partial charge in [-0.1, -0.05) is 32.3 Å². The van der Waals surface area contributed by atoms with Crippen LogP contribution in [0.5, 0.6) is 0 Å². The molecule has 2 heteroatoms. The van der Waals surface area contributed by atoms with Gasteiger partial charge in [0.15, 0.2) is 0 Å². The summed E-state index contributed by atoms with van der Waals surface area (Å²) in [6, 6.07) is 0. The minimum Gasteiger partial charge on any atom is -0.478 e. The van der Waals surface area contributed by atoms with E-state index in [2.05, 4.69) is 13.8 Å². The van der Waals surface area contributed by atoms with Gasteiger partial charge in [-0.25, -0.2) is 4.79 Å². The second-order valence-electron chi connectivity index (χ2n) is 3.43. The molecule has 0 rings (SSSR count). The molecule has 0 aromatic rings. The van der Waals surface area contributed by atoms with Crippen LogP contribution in [0.2, 0.25) is 0 Å². The van der Waals surface area contributed by atoms with Crippen LogP contribution >= 0.6 is 0 Å². The van der Waals surface area contributed by atoms with Crippen molar-refractivity contribution in [2.24, 2.45) is 5.92 Å². The summed E-state index contributed by atoms with van der Waals surface area (Å²) < 4.78 is 0. The minimum absolute atomic E-state index is 0.602. The van der Waals surface area contributed by atoms with E-state index >= 15 is 0 Å². The molecule has 0 heterocycles. The highest BCUT2D eigenvalue weighted by molar-refractivity contribution is 5.80. The highest BCUT2D eigenvalue weighted by Crippen LogP contribution is 2.15. The third kappa shape index (κ3) is 5.96. The van der Waals surface area contributed by atoms with E-state index in [1.54, 1.807) is 0 Å². The fourth-order valence-corrected chi connectivity index (χ4v) is 1.41. The fraction of sp³-hybridized carbons (Fsp3) is 0.700.